The summed E-state index contributed by atoms with van der Waals surface area (Å²) in [6, 6.07) is 5.20. The van der Waals surface area contributed by atoms with Crippen molar-refractivity contribution in [1.82, 2.24) is 0 Å². The van der Waals surface area contributed by atoms with Gasteiger partial charge in [0.15, 0.2) is 0 Å². The molecule has 0 bridgehead atoms. The van der Waals surface area contributed by atoms with Gasteiger partial charge in [-0.2, -0.15) is 0 Å². The zero-order chi connectivity index (χ0) is 12.7. The average molecular weight is 299 g/mol. The van der Waals surface area contributed by atoms with Gasteiger partial charge in [0, 0.05) is 11.4 Å². The Kier molecular flexibility index (Phi) is 3.06. The molecule has 0 N–H and O–H groups in total. The number of halogens is 2. The highest BCUT2D eigenvalue weighted by Gasteiger charge is 2.24. The van der Waals surface area contributed by atoms with Gasteiger partial charge in [0.05, 0.1) is 22.1 Å². The minimum atomic E-state index is -0.129. The monoisotopic (exact) mass is 298 g/mol. The van der Waals surface area contributed by atoms with Crippen LogP contribution < -0.4 is 4.74 Å². The molecular weight excluding hydrogens is 291 g/mol. The Hall–Kier alpha value is -1.03. The summed E-state index contributed by atoms with van der Waals surface area (Å²) in [5, 5.41) is 2.81. The highest BCUT2D eigenvalue weighted by molar-refractivity contribution is 7.13. The largest absolute Gasteiger partial charge is 0.492 e. The lowest BCUT2D eigenvalue weighted by molar-refractivity contribution is 0.103. The first kappa shape index (κ1) is 12.0. The SMILES string of the molecule is O=C(c1cc(Cl)cc2c1OCC2)c1sccc1Cl. The maximum absolute atomic E-state index is 12.4. The molecular formula is C13H8Cl2O2S. The lowest BCUT2D eigenvalue weighted by Crippen LogP contribution is -2.02. The third kappa shape index (κ3) is 1.92. The fourth-order valence-electron chi connectivity index (χ4n) is 2.02. The van der Waals surface area contributed by atoms with Crippen LogP contribution in [0, 0.1) is 0 Å². The van der Waals surface area contributed by atoms with Crippen LogP contribution in [0.1, 0.15) is 20.8 Å². The second kappa shape index (κ2) is 4.57. The van der Waals surface area contributed by atoms with Gasteiger partial charge in [-0.1, -0.05) is 23.2 Å². The van der Waals surface area contributed by atoms with E-state index < -0.39 is 0 Å². The summed E-state index contributed by atoms with van der Waals surface area (Å²) in [6.07, 6.45) is 0.786. The minimum absolute atomic E-state index is 0.129. The Bertz CT molecular complexity index is 634. The average Bonchev–Trinajstić information content (AvgIpc) is 2.95. The predicted octanol–water partition coefficient (Wildman–Crippen LogP) is 4.22. The second-order valence-electron chi connectivity index (χ2n) is 3.97. The summed E-state index contributed by atoms with van der Waals surface area (Å²) >= 11 is 13.4. The fraction of sp³-hybridized carbons (Fsp3) is 0.154. The molecule has 18 heavy (non-hydrogen) atoms. The van der Waals surface area contributed by atoms with Crippen LogP contribution in [0.15, 0.2) is 23.6 Å². The Morgan fingerprint density at radius 2 is 2.17 bits per heavy atom. The molecule has 1 aromatic carbocycles. The van der Waals surface area contributed by atoms with Crippen molar-refractivity contribution >= 4 is 40.3 Å². The topological polar surface area (TPSA) is 26.3 Å². The zero-order valence-corrected chi connectivity index (χ0v) is 11.5. The molecule has 0 spiro atoms. The maximum atomic E-state index is 12.4. The van der Waals surface area contributed by atoms with E-state index in [1.54, 1.807) is 17.5 Å². The van der Waals surface area contributed by atoms with E-state index in [1.807, 2.05) is 6.07 Å². The molecule has 0 saturated carbocycles. The van der Waals surface area contributed by atoms with Crippen molar-refractivity contribution in [1.29, 1.82) is 0 Å². The van der Waals surface area contributed by atoms with Crippen molar-refractivity contribution < 1.29 is 9.53 Å². The van der Waals surface area contributed by atoms with Crippen LogP contribution in [0.4, 0.5) is 0 Å². The van der Waals surface area contributed by atoms with E-state index in [0.717, 1.165) is 12.0 Å². The molecule has 1 aliphatic heterocycles. The van der Waals surface area contributed by atoms with E-state index in [1.165, 1.54) is 11.3 Å². The first-order valence-corrected chi connectivity index (χ1v) is 7.03. The van der Waals surface area contributed by atoms with E-state index in [2.05, 4.69) is 0 Å². The summed E-state index contributed by atoms with van der Waals surface area (Å²) in [7, 11) is 0. The van der Waals surface area contributed by atoms with Gasteiger partial charge in [-0.05, 0) is 29.1 Å². The van der Waals surface area contributed by atoms with Gasteiger partial charge < -0.3 is 4.74 Å². The number of benzene rings is 1. The van der Waals surface area contributed by atoms with Crippen molar-refractivity contribution in [2.45, 2.75) is 6.42 Å². The number of carbonyl (C=O) groups excluding carboxylic acids is 1. The van der Waals surface area contributed by atoms with Crippen molar-refractivity contribution in [3.05, 3.63) is 49.6 Å². The standard InChI is InChI=1S/C13H8Cl2O2S/c14-8-5-7-1-3-17-12(7)9(6-8)11(16)13-10(15)2-4-18-13/h2,4-6H,1,3H2. The normalized spacial score (nSPS) is 13.2. The summed E-state index contributed by atoms with van der Waals surface area (Å²) < 4.78 is 5.53. The molecule has 1 aliphatic rings. The van der Waals surface area contributed by atoms with Gasteiger partial charge in [-0.25, -0.2) is 0 Å². The first-order valence-electron chi connectivity index (χ1n) is 5.39. The van der Waals surface area contributed by atoms with Crippen LogP contribution in [-0.4, -0.2) is 12.4 Å². The third-order valence-electron chi connectivity index (χ3n) is 2.82. The van der Waals surface area contributed by atoms with Crippen molar-refractivity contribution in [3.63, 3.8) is 0 Å². The van der Waals surface area contributed by atoms with E-state index in [0.29, 0.717) is 32.8 Å². The van der Waals surface area contributed by atoms with E-state index in [9.17, 15) is 4.79 Å². The van der Waals surface area contributed by atoms with Crippen LogP contribution >= 0.6 is 34.5 Å². The van der Waals surface area contributed by atoms with Gasteiger partial charge in [-0.3, -0.25) is 4.79 Å². The number of ether oxygens (including phenoxy) is 1. The molecule has 5 heteroatoms. The molecule has 0 unspecified atom stereocenters. The second-order valence-corrected chi connectivity index (χ2v) is 5.73. The summed E-state index contributed by atoms with van der Waals surface area (Å²) in [5.74, 6) is 0.518. The highest BCUT2D eigenvalue weighted by atomic mass is 35.5. The summed E-state index contributed by atoms with van der Waals surface area (Å²) in [5.41, 5.74) is 1.48. The number of ketones is 1. The molecule has 0 aliphatic carbocycles. The van der Waals surface area contributed by atoms with Crippen LogP contribution in [0.2, 0.25) is 10.0 Å². The number of carbonyl (C=O) groups is 1. The first-order chi connectivity index (χ1) is 8.66. The van der Waals surface area contributed by atoms with Crippen LogP contribution in [0.3, 0.4) is 0 Å². The number of thiophene rings is 1. The van der Waals surface area contributed by atoms with Crippen molar-refractivity contribution in [3.8, 4) is 5.75 Å². The summed E-state index contributed by atoms with van der Waals surface area (Å²) in [4.78, 5) is 13.0. The Morgan fingerprint density at radius 1 is 1.33 bits per heavy atom. The van der Waals surface area contributed by atoms with Crippen LogP contribution in [0.25, 0.3) is 0 Å². The molecule has 0 amide bonds. The van der Waals surface area contributed by atoms with Crippen LogP contribution in [0.5, 0.6) is 5.75 Å². The van der Waals surface area contributed by atoms with E-state index in [4.69, 9.17) is 27.9 Å². The Morgan fingerprint density at radius 3 is 2.89 bits per heavy atom. The molecule has 0 fully saturated rings. The molecule has 2 aromatic rings. The third-order valence-corrected chi connectivity index (χ3v) is 4.37. The number of fused-ring (bicyclic) bond motifs is 1. The zero-order valence-electron chi connectivity index (χ0n) is 9.20. The van der Waals surface area contributed by atoms with Gasteiger partial charge in [0.1, 0.15) is 5.75 Å². The quantitative estimate of drug-likeness (QED) is 0.776. The molecule has 0 atom stereocenters. The number of rotatable bonds is 2. The lowest BCUT2D eigenvalue weighted by atomic mass is 10.0. The van der Waals surface area contributed by atoms with Gasteiger partial charge in [0.2, 0.25) is 5.78 Å². The predicted molar refractivity (Wildman–Crippen MR) is 73.4 cm³/mol. The van der Waals surface area contributed by atoms with Crippen molar-refractivity contribution in [2.24, 2.45) is 0 Å². The van der Waals surface area contributed by atoms with Gasteiger partial charge >= 0.3 is 0 Å². The number of hydrogen-bond acceptors (Lipinski definition) is 3. The van der Waals surface area contributed by atoms with Gasteiger partial charge in [-0.15, -0.1) is 11.3 Å². The van der Waals surface area contributed by atoms with Crippen LogP contribution in [-0.2, 0) is 6.42 Å². The highest BCUT2D eigenvalue weighted by Crippen LogP contribution is 2.36. The van der Waals surface area contributed by atoms with Gasteiger partial charge in [0.25, 0.3) is 0 Å². The lowest BCUT2D eigenvalue weighted by Gasteiger charge is -2.07. The molecule has 3 rings (SSSR count). The summed E-state index contributed by atoms with van der Waals surface area (Å²) in [6.45, 7) is 0.591. The Labute approximate surface area is 118 Å². The van der Waals surface area contributed by atoms with Crippen molar-refractivity contribution in [2.75, 3.05) is 6.61 Å². The number of hydrogen-bond donors (Lipinski definition) is 0. The fourth-order valence-corrected chi connectivity index (χ4v) is 3.35. The van der Waals surface area contributed by atoms with E-state index in [-0.39, 0.29) is 5.78 Å². The van der Waals surface area contributed by atoms with E-state index >= 15 is 0 Å². The molecule has 1 aromatic heterocycles. The maximum Gasteiger partial charge on any atom is 0.208 e. The molecule has 0 saturated heterocycles. The smallest absolute Gasteiger partial charge is 0.208 e. The minimum Gasteiger partial charge on any atom is -0.492 e. The molecule has 92 valence electrons. The molecule has 2 heterocycles. The molecule has 2 nitrogen and oxygen atoms in total. The molecule has 0 radical (unpaired) electrons. The Balaban J connectivity index is 2.13.